The Labute approximate surface area is 175 Å². The standard InChI is InChI=1S/C26H38O3/c1-17-20(15-22(27)16-25(17)29)11-8-18-5-4-14-26(2)21(12-13-23(18)26)6-3-7-24(28)19-9-10-19/h3,7-8,11,19,21-25,27-29H,1,4-6,9-10,12-16H2,2H3. The van der Waals surface area contributed by atoms with Crippen LogP contribution >= 0.6 is 0 Å². The summed E-state index contributed by atoms with van der Waals surface area (Å²) in [6.45, 7) is 6.52. The van der Waals surface area contributed by atoms with Gasteiger partial charge in [0.15, 0.2) is 0 Å². The number of rotatable bonds is 5. The first-order chi connectivity index (χ1) is 13.9. The fourth-order valence-corrected chi connectivity index (χ4v) is 6.18. The van der Waals surface area contributed by atoms with Crippen LogP contribution < -0.4 is 0 Å². The molecule has 4 rings (SSSR count). The van der Waals surface area contributed by atoms with Gasteiger partial charge in [0.25, 0.3) is 0 Å². The molecule has 4 saturated carbocycles. The molecule has 0 aliphatic heterocycles. The van der Waals surface area contributed by atoms with Crippen molar-refractivity contribution in [3.8, 4) is 0 Å². The van der Waals surface area contributed by atoms with Crippen LogP contribution in [0.5, 0.6) is 0 Å². The average Bonchev–Trinajstić information content (AvgIpc) is 3.47. The highest BCUT2D eigenvalue weighted by Gasteiger charge is 2.48. The number of hydrogen-bond acceptors (Lipinski definition) is 3. The summed E-state index contributed by atoms with van der Waals surface area (Å²) in [5.74, 6) is 1.84. The van der Waals surface area contributed by atoms with Crippen LogP contribution in [0.2, 0.25) is 0 Å². The Morgan fingerprint density at radius 2 is 1.97 bits per heavy atom. The van der Waals surface area contributed by atoms with E-state index in [1.54, 1.807) is 0 Å². The quantitative estimate of drug-likeness (QED) is 0.581. The highest BCUT2D eigenvalue weighted by Crippen LogP contribution is 2.58. The average molecular weight is 399 g/mol. The Morgan fingerprint density at radius 1 is 1.17 bits per heavy atom. The molecule has 0 saturated heterocycles. The second-order valence-electron chi connectivity index (χ2n) is 10.2. The zero-order valence-corrected chi connectivity index (χ0v) is 17.9. The highest BCUT2D eigenvalue weighted by atomic mass is 16.3. The SMILES string of the molecule is C=C1C(=CC=C2CCCC3(C)C(CC=CC(O)C4CC4)CCC23)CC(O)CC1O. The van der Waals surface area contributed by atoms with E-state index in [2.05, 4.69) is 31.7 Å². The van der Waals surface area contributed by atoms with Crippen molar-refractivity contribution in [1.29, 1.82) is 0 Å². The lowest BCUT2D eigenvalue weighted by Gasteiger charge is -2.42. The highest BCUT2D eigenvalue weighted by molar-refractivity contribution is 5.38. The zero-order valence-electron chi connectivity index (χ0n) is 17.9. The number of aliphatic hydroxyl groups is 3. The number of allylic oxidation sites excluding steroid dienone is 4. The molecule has 0 aromatic rings. The Balaban J connectivity index is 1.45. The second-order valence-corrected chi connectivity index (χ2v) is 10.2. The Hall–Kier alpha value is -1.16. The van der Waals surface area contributed by atoms with E-state index in [-0.39, 0.29) is 6.10 Å². The molecule has 160 valence electrons. The van der Waals surface area contributed by atoms with Crippen molar-refractivity contribution in [2.24, 2.45) is 23.2 Å². The maximum absolute atomic E-state index is 10.1. The summed E-state index contributed by atoms with van der Waals surface area (Å²) in [5.41, 5.74) is 3.66. The van der Waals surface area contributed by atoms with Gasteiger partial charge in [0, 0.05) is 6.42 Å². The van der Waals surface area contributed by atoms with Gasteiger partial charge in [0.05, 0.1) is 18.3 Å². The fourth-order valence-electron chi connectivity index (χ4n) is 6.18. The first-order valence-electron chi connectivity index (χ1n) is 11.7. The van der Waals surface area contributed by atoms with Crippen LogP contribution in [0.3, 0.4) is 0 Å². The third-order valence-corrected chi connectivity index (χ3v) is 8.28. The topological polar surface area (TPSA) is 60.7 Å². The van der Waals surface area contributed by atoms with Crippen LogP contribution in [0.1, 0.15) is 71.1 Å². The molecule has 3 N–H and O–H groups in total. The van der Waals surface area contributed by atoms with Gasteiger partial charge in [-0.2, -0.15) is 0 Å². The van der Waals surface area contributed by atoms with Gasteiger partial charge < -0.3 is 15.3 Å². The van der Waals surface area contributed by atoms with Gasteiger partial charge in [-0.05, 0) is 92.1 Å². The van der Waals surface area contributed by atoms with Crippen LogP contribution in [0.4, 0.5) is 0 Å². The van der Waals surface area contributed by atoms with E-state index in [9.17, 15) is 15.3 Å². The summed E-state index contributed by atoms with van der Waals surface area (Å²) in [5, 5.41) is 30.2. The van der Waals surface area contributed by atoms with Crippen LogP contribution in [0.25, 0.3) is 0 Å². The number of fused-ring (bicyclic) bond motifs is 1. The molecule has 3 nitrogen and oxygen atoms in total. The Kier molecular flexibility index (Phi) is 6.20. The minimum absolute atomic E-state index is 0.234. The van der Waals surface area contributed by atoms with Crippen molar-refractivity contribution >= 4 is 0 Å². The second kappa shape index (κ2) is 8.53. The van der Waals surface area contributed by atoms with Crippen molar-refractivity contribution < 1.29 is 15.3 Å². The summed E-state index contributed by atoms with van der Waals surface area (Å²) in [7, 11) is 0. The van der Waals surface area contributed by atoms with Crippen molar-refractivity contribution in [2.45, 2.75) is 89.4 Å². The summed E-state index contributed by atoms with van der Waals surface area (Å²) >= 11 is 0. The van der Waals surface area contributed by atoms with E-state index in [1.807, 2.05) is 6.08 Å². The molecular formula is C26H38O3. The molecular weight excluding hydrogens is 360 g/mol. The van der Waals surface area contributed by atoms with Crippen LogP contribution in [-0.2, 0) is 0 Å². The first kappa shape index (κ1) is 21.1. The summed E-state index contributed by atoms with van der Waals surface area (Å²) < 4.78 is 0. The molecule has 0 aromatic heterocycles. The van der Waals surface area contributed by atoms with Gasteiger partial charge in [-0.15, -0.1) is 0 Å². The van der Waals surface area contributed by atoms with Gasteiger partial charge in [0.2, 0.25) is 0 Å². The molecule has 6 atom stereocenters. The zero-order chi connectivity index (χ0) is 20.6. The van der Waals surface area contributed by atoms with Crippen molar-refractivity contribution in [3.63, 3.8) is 0 Å². The normalized spacial score (nSPS) is 42.0. The van der Waals surface area contributed by atoms with Gasteiger partial charge in [-0.25, -0.2) is 0 Å². The van der Waals surface area contributed by atoms with Crippen LogP contribution in [0, 0.1) is 23.2 Å². The molecule has 0 spiro atoms. The summed E-state index contributed by atoms with van der Waals surface area (Å²) in [6.07, 6.45) is 18.0. The molecule has 4 aliphatic rings. The van der Waals surface area contributed by atoms with E-state index in [0.29, 0.717) is 36.0 Å². The minimum Gasteiger partial charge on any atom is -0.393 e. The molecule has 3 heteroatoms. The van der Waals surface area contributed by atoms with Crippen molar-refractivity contribution in [1.82, 2.24) is 0 Å². The number of aliphatic hydroxyl groups excluding tert-OH is 3. The Morgan fingerprint density at radius 3 is 2.72 bits per heavy atom. The van der Waals surface area contributed by atoms with E-state index in [1.165, 1.54) is 44.1 Å². The maximum atomic E-state index is 10.1. The lowest BCUT2D eigenvalue weighted by Crippen LogP contribution is -2.33. The van der Waals surface area contributed by atoms with Gasteiger partial charge >= 0.3 is 0 Å². The lowest BCUT2D eigenvalue weighted by molar-refractivity contribution is 0.0862. The van der Waals surface area contributed by atoms with E-state index < -0.39 is 12.2 Å². The number of hydrogen-bond donors (Lipinski definition) is 3. The van der Waals surface area contributed by atoms with Gasteiger partial charge in [-0.1, -0.05) is 43.4 Å². The van der Waals surface area contributed by atoms with Crippen molar-refractivity contribution in [2.75, 3.05) is 0 Å². The molecule has 6 unspecified atom stereocenters. The monoisotopic (exact) mass is 398 g/mol. The fraction of sp³-hybridized carbons (Fsp3) is 0.692. The largest absolute Gasteiger partial charge is 0.393 e. The molecule has 4 aliphatic carbocycles. The molecule has 0 heterocycles. The predicted octanol–water partition coefficient (Wildman–Crippen LogP) is 4.84. The molecule has 0 aromatic carbocycles. The summed E-state index contributed by atoms with van der Waals surface area (Å²) in [4.78, 5) is 0. The molecule has 0 radical (unpaired) electrons. The molecule has 4 fully saturated rings. The summed E-state index contributed by atoms with van der Waals surface area (Å²) in [6, 6.07) is 0. The van der Waals surface area contributed by atoms with E-state index in [4.69, 9.17) is 0 Å². The first-order valence-corrected chi connectivity index (χ1v) is 11.7. The van der Waals surface area contributed by atoms with Gasteiger partial charge in [-0.3, -0.25) is 0 Å². The molecule has 29 heavy (non-hydrogen) atoms. The van der Waals surface area contributed by atoms with Crippen LogP contribution in [-0.4, -0.2) is 33.6 Å². The van der Waals surface area contributed by atoms with Crippen molar-refractivity contribution in [3.05, 3.63) is 47.6 Å². The third-order valence-electron chi connectivity index (χ3n) is 8.28. The minimum atomic E-state index is -0.617. The van der Waals surface area contributed by atoms with E-state index in [0.717, 1.165) is 24.0 Å². The van der Waals surface area contributed by atoms with E-state index >= 15 is 0 Å². The molecule has 0 bridgehead atoms. The third kappa shape index (κ3) is 4.47. The molecule has 0 amide bonds. The van der Waals surface area contributed by atoms with Gasteiger partial charge in [0.1, 0.15) is 0 Å². The lowest BCUT2D eigenvalue weighted by atomic mass is 9.63. The predicted molar refractivity (Wildman–Crippen MR) is 117 cm³/mol. The smallest absolute Gasteiger partial charge is 0.0811 e. The van der Waals surface area contributed by atoms with Crippen LogP contribution in [0.15, 0.2) is 47.6 Å². The maximum Gasteiger partial charge on any atom is 0.0811 e. The Bertz CT molecular complexity index is 713.